The minimum absolute atomic E-state index is 0.0407. The van der Waals surface area contributed by atoms with E-state index in [1.807, 2.05) is 0 Å². The number of anilines is 1. The van der Waals surface area contributed by atoms with E-state index in [4.69, 9.17) is 22.1 Å². The molecule has 1 aromatic carbocycles. The first kappa shape index (κ1) is 15.3. The third-order valence-electron chi connectivity index (χ3n) is 1.98. The average Bonchev–Trinajstić information content (AvgIpc) is 2.33. The fraction of sp³-hybridized carbons (Fsp3) is 0.417. The van der Waals surface area contributed by atoms with Crippen molar-refractivity contribution in [2.75, 3.05) is 36.6 Å². The van der Waals surface area contributed by atoms with E-state index in [9.17, 15) is 4.79 Å². The molecule has 0 aliphatic carbocycles. The molecule has 0 heterocycles. The van der Waals surface area contributed by atoms with Crippen LogP contribution in [0.1, 0.15) is 0 Å². The molecule has 1 aromatic rings. The van der Waals surface area contributed by atoms with Crippen LogP contribution in [0.2, 0.25) is 5.02 Å². The van der Waals surface area contributed by atoms with Crippen molar-refractivity contribution < 1.29 is 9.53 Å². The van der Waals surface area contributed by atoms with Crippen LogP contribution >= 0.6 is 23.4 Å². The van der Waals surface area contributed by atoms with Gasteiger partial charge in [-0.15, -0.1) is 11.8 Å². The largest absolute Gasteiger partial charge is 0.379 e. The standard InChI is InChI=1S/C12H17ClN2O2S/c13-10-2-1-3-11(8-10)15-12(16)9-18-7-6-17-5-4-14/h1-3,8H,4-7,9,14H2,(H,15,16). The molecule has 3 N–H and O–H groups in total. The van der Waals surface area contributed by atoms with Crippen molar-refractivity contribution in [1.29, 1.82) is 0 Å². The summed E-state index contributed by atoms with van der Waals surface area (Å²) in [5.74, 6) is 1.14. The number of nitrogens with one attached hydrogen (secondary N) is 1. The molecule has 0 aliphatic heterocycles. The van der Waals surface area contributed by atoms with Crippen LogP contribution < -0.4 is 11.1 Å². The Bertz CT molecular complexity index is 377. The van der Waals surface area contributed by atoms with E-state index in [1.165, 1.54) is 11.8 Å². The summed E-state index contributed by atoms with van der Waals surface area (Å²) in [4.78, 5) is 11.6. The summed E-state index contributed by atoms with van der Waals surface area (Å²) in [7, 11) is 0. The summed E-state index contributed by atoms with van der Waals surface area (Å²) >= 11 is 7.34. The van der Waals surface area contributed by atoms with Crippen molar-refractivity contribution in [2.45, 2.75) is 0 Å². The molecule has 4 nitrogen and oxygen atoms in total. The van der Waals surface area contributed by atoms with Gasteiger partial charge in [0, 0.05) is 23.0 Å². The summed E-state index contributed by atoms with van der Waals surface area (Å²) in [5.41, 5.74) is 6.00. The molecule has 18 heavy (non-hydrogen) atoms. The Morgan fingerprint density at radius 3 is 3.00 bits per heavy atom. The molecule has 1 rings (SSSR count). The summed E-state index contributed by atoms with van der Waals surface area (Å²) in [6.07, 6.45) is 0. The van der Waals surface area contributed by atoms with Crippen LogP contribution in [-0.2, 0) is 9.53 Å². The Labute approximate surface area is 116 Å². The van der Waals surface area contributed by atoms with Gasteiger partial charge in [0.1, 0.15) is 0 Å². The molecule has 0 atom stereocenters. The van der Waals surface area contributed by atoms with Crippen molar-refractivity contribution in [3.05, 3.63) is 29.3 Å². The van der Waals surface area contributed by atoms with Gasteiger partial charge in [0.2, 0.25) is 5.91 Å². The van der Waals surface area contributed by atoms with Gasteiger partial charge in [-0.1, -0.05) is 17.7 Å². The summed E-state index contributed by atoms with van der Waals surface area (Å²) in [6.45, 7) is 1.71. The molecule has 0 fully saturated rings. The van der Waals surface area contributed by atoms with Crippen LogP contribution in [0.4, 0.5) is 5.69 Å². The molecule has 0 spiro atoms. The molecule has 1 amide bonds. The Balaban J connectivity index is 2.14. The average molecular weight is 289 g/mol. The molecule has 0 aromatic heterocycles. The van der Waals surface area contributed by atoms with Gasteiger partial charge in [0.25, 0.3) is 0 Å². The fourth-order valence-corrected chi connectivity index (χ4v) is 2.06. The van der Waals surface area contributed by atoms with Crippen LogP contribution in [0.25, 0.3) is 0 Å². The first-order valence-corrected chi connectivity index (χ1v) is 7.16. The molecule has 0 saturated heterocycles. The number of carbonyl (C=O) groups is 1. The number of amides is 1. The maximum Gasteiger partial charge on any atom is 0.234 e. The SMILES string of the molecule is NCCOCCSCC(=O)Nc1cccc(Cl)c1. The van der Waals surface area contributed by atoms with Gasteiger partial charge in [0.05, 0.1) is 19.0 Å². The van der Waals surface area contributed by atoms with Crippen LogP contribution in [0, 0.1) is 0 Å². The number of nitrogens with two attached hydrogens (primary N) is 1. The highest BCUT2D eigenvalue weighted by molar-refractivity contribution is 7.99. The molecule has 100 valence electrons. The van der Waals surface area contributed by atoms with Crippen LogP contribution in [0.3, 0.4) is 0 Å². The van der Waals surface area contributed by atoms with Crippen molar-refractivity contribution in [1.82, 2.24) is 0 Å². The van der Waals surface area contributed by atoms with E-state index in [1.54, 1.807) is 24.3 Å². The van der Waals surface area contributed by atoms with E-state index in [0.29, 0.717) is 36.2 Å². The maximum absolute atomic E-state index is 11.6. The number of ether oxygens (including phenoxy) is 1. The van der Waals surface area contributed by atoms with E-state index in [-0.39, 0.29) is 5.91 Å². The highest BCUT2D eigenvalue weighted by Gasteiger charge is 2.02. The van der Waals surface area contributed by atoms with Crippen LogP contribution in [0.15, 0.2) is 24.3 Å². The van der Waals surface area contributed by atoms with Gasteiger partial charge in [-0.25, -0.2) is 0 Å². The summed E-state index contributed by atoms with van der Waals surface area (Å²) in [5, 5.41) is 3.39. The molecule has 0 aliphatic rings. The molecule has 0 saturated carbocycles. The second kappa shape index (κ2) is 9.22. The predicted octanol–water partition coefficient (Wildman–Crippen LogP) is 1.99. The lowest BCUT2D eigenvalue weighted by Crippen LogP contribution is -2.15. The van der Waals surface area contributed by atoms with Gasteiger partial charge in [-0.05, 0) is 18.2 Å². The van der Waals surface area contributed by atoms with E-state index < -0.39 is 0 Å². The highest BCUT2D eigenvalue weighted by atomic mass is 35.5. The number of thioether (sulfide) groups is 1. The lowest BCUT2D eigenvalue weighted by atomic mass is 10.3. The molecular formula is C12H17ClN2O2S. The second-order valence-corrected chi connectivity index (χ2v) is 5.05. The Morgan fingerprint density at radius 2 is 2.28 bits per heavy atom. The van der Waals surface area contributed by atoms with Crippen LogP contribution in [0.5, 0.6) is 0 Å². The van der Waals surface area contributed by atoms with E-state index in [2.05, 4.69) is 5.32 Å². The van der Waals surface area contributed by atoms with E-state index >= 15 is 0 Å². The topological polar surface area (TPSA) is 64.3 Å². The molecule has 0 radical (unpaired) electrons. The van der Waals surface area contributed by atoms with Gasteiger partial charge >= 0.3 is 0 Å². The van der Waals surface area contributed by atoms with Gasteiger partial charge in [-0.2, -0.15) is 0 Å². The number of hydrogen-bond donors (Lipinski definition) is 2. The number of rotatable bonds is 8. The third kappa shape index (κ3) is 6.86. The minimum Gasteiger partial charge on any atom is -0.379 e. The zero-order valence-corrected chi connectivity index (χ0v) is 11.6. The van der Waals surface area contributed by atoms with Gasteiger partial charge in [0.15, 0.2) is 0 Å². The zero-order valence-electron chi connectivity index (χ0n) is 10.0. The van der Waals surface area contributed by atoms with Crippen molar-refractivity contribution in [3.8, 4) is 0 Å². The Kier molecular flexibility index (Phi) is 7.84. The second-order valence-electron chi connectivity index (χ2n) is 3.51. The number of benzene rings is 1. The monoisotopic (exact) mass is 288 g/mol. The van der Waals surface area contributed by atoms with Crippen molar-refractivity contribution >= 4 is 35.0 Å². The normalized spacial score (nSPS) is 10.3. The molecule has 0 bridgehead atoms. The zero-order chi connectivity index (χ0) is 13.2. The number of halogens is 1. The van der Waals surface area contributed by atoms with Gasteiger partial charge < -0.3 is 15.8 Å². The fourth-order valence-electron chi connectivity index (χ4n) is 1.23. The van der Waals surface area contributed by atoms with Crippen molar-refractivity contribution in [2.24, 2.45) is 5.73 Å². The number of hydrogen-bond acceptors (Lipinski definition) is 4. The first-order valence-electron chi connectivity index (χ1n) is 5.63. The van der Waals surface area contributed by atoms with Gasteiger partial charge in [-0.3, -0.25) is 4.79 Å². The molecule has 0 unspecified atom stereocenters. The van der Waals surface area contributed by atoms with Crippen molar-refractivity contribution in [3.63, 3.8) is 0 Å². The quantitative estimate of drug-likeness (QED) is 0.718. The predicted molar refractivity (Wildman–Crippen MR) is 77.3 cm³/mol. The van der Waals surface area contributed by atoms with Crippen LogP contribution in [-0.4, -0.2) is 37.2 Å². The Morgan fingerprint density at radius 1 is 1.44 bits per heavy atom. The highest BCUT2D eigenvalue weighted by Crippen LogP contribution is 2.15. The maximum atomic E-state index is 11.6. The third-order valence-corrected chi connectivity index (χ3v) is 3.13. The first-order chi connectivity index (χ1) is 8.72. The minimum atomic E-state index is -0.0407. The smallest absolute Gasteiger partial charge is 0.234 e. The molecule has 6 heteroatoms. The van der Waals surface area contributed by atoms with E-state index in [0.717, 1.165) is 5.75 Å². The lowest BCUT2D eigenvalue weighted by molar-refractivity contribution is -0.113. The summed E-state index contributed by atoms with van der Waals surface area (Å²) in [6, 6.07) is 7.08. The Hall–Kier alpha value is -0.750. The lowest BCUT2D eigenvalue weighted by Gasteiger charge is -2.05. The summed E-state index contributed by atoms with van der Waals surface area (Å²) < 4.78 is 5.20. The molecular weight excluding hydrogens is 272 g/mol. The number of carbonyl (C=O) groups excluding carboxylic acids is 1.